The van der Waals surface area contributed by atoms with E-state index in [1.54, 1.807) is 24.3 Å². The topological polar surface area (TPSA) is 116 Å². The van der Waals surface area contributed by atoms with Crippen LogP contribution in [0.2, 0.25) is 0 Å². The molecule has 0 spiro atoms. The van der Waals surface area contributed by atoms with E-state index in [0.717, 1.165) is 5.56 Å². The Labute approximate surface area is 185 Å². The van der Waals surface area contributed by atoms with Gasteiger partial charge in [-0.15, -0.1) is 0 Å². The molecule has 32 heavy (non-hydrogen) atoms. The molecule has 0 aromatic heterocycles. The summed E-state index contributed by atoms with van der Waals surface area (Å²) in [7, 11) is 0. The molecule has 2 atom stereocenters. The van der Waals surface area contributed by atoms with Crippen LogP contribution in [0.5, 0.6) is 17.2 Å². The minimum atomic E-state index is -0.682. The Morgan fingerprint density at radius 2 is 1.94 bits per heavy atom. The molecule has 4 rings (SSSR count). The second-order valence-corrected chi connectivity index (χ2v) is 7.21. The summed E-state index contributed by atoms with van der Waals surface area (Å²) in [4.78, 5) is 12.9. The molecule has 0 saturated heterocycles. The predicted molar refractivity (Wildman–Crippen MR) is 113 cm³/mol. The maximum atomic E-state index is 12.9. The number of hydrogen-bond acceptors (Lipinski definition) is 8. The number of benzene rings is 2. The molecular weight excluding hydrogens is 418 g/mol. The lowest BCUT2D eigenvalue weighted by Crippen LogP contribution is -2.30. The molecule has 1 amide bonds. The molecule has 0 fully saturated rings. The number of hydrogen-bond donors (Lipinski definition) is 3. The molecule has 2 unspecified atom stereocenters. The van der Waals surface area contributed by atoms with Crippen LogP contribution < -0.4 is 14.8 Å². The van der Waals surface area contributed by atoms with Gasteiger partial charge in [0.25, 0.3) is 5.91 Å². The van der Waals surface area contributed by atoms with Gasteiger partial charge < -0.3 is 39.2 Å². The van der Waals surface area contributed by atoms with E-state index in [1.165, 1.54) is 6.07 Å². The van der Waals surface area contributed by atoms with E-state index in [9.17, 15) is 9.90 Å². The number of para-hydroxylation sites is 2. The first-order chi connectivity index (χ1) is 15.6. The number of aliphatic hydroxyl groups is 1. The Morgan fingerprint density at radius 1 is 1.09 bits per heavy atom. The van der Waals surface area contributed by atoms with Crippen LogP contribution in [-0.2, 0) is 19.0 Å². The molecule has 0 saturated carbocycles. The number of nitrogens with one attached hydrogen (secondary N) is 1. The number of amides is 1. The standard InChI is InChI=1S/C23H25NO8/c25-7-8-28-9-10-29-22-13-16(15-5-6-19-20(11-15)31-14-30-19)12-21(32-22)23(27)24-17-3-1-2-4-18(17)26/h1-6,11-12,16,22,25-26H,7-10,13-14H2,(H,24,27). The fourth-order valence-corrected chi connectivity index (χ4v) is 3.46. The van der Waals surface area contributed by atoms with Crippen molar-refractivity contribution in [3.63, 3.8) is 0 Å². The zero-order valence-electron chi connectivity index (χ0n) is 17.4. The van der Waals surface area contributed by atoms with E-state index in [-0.39, 0.29) is 56.3 Å². The maximum Gasteiger partial charge on any atom is 0.290 e. The zero-order chi connectivity index (χ0) is 22.3. The van der Waals surface area contributed by atoms with Crippen LogP contribution in [0.1, 0.15) is 17.9 Å². The number of rotatable bonds is 9. The van der Waals surface area contributed by atoms with Gasteiger partial charge in [0, 0.05) is 12.3 Å². The number of aromatic hydroxyl groups is 1. The quantitative estimate of drug-likeness (QED) is 0.400. The largest absolute Gasteiger partial charge is 0.506 e. The van der Waals surface area contributed by atoms with Crippen molar-refractivity contribution in [2.24, 2.45) is 0 Å². The van der Waals surface area contributed by atoms with E-state index < -0.39 is 12.2 Å². The van der Waals surface area contributed by atoms with Crippen LogP contribution in [0.15, 0.2) is 54.3 Å². The van der Waals surface area contributed by atoms with Crippen LogP contribution in [0.3, 0.4) is 0 Å². The minimum absolute atomic E-state index is 0.0431. The lowest BCUT2D eigenvalue weighted by atomic mass is 9.92. The Bertz CT molecular complexity index is 976. The van der Waals surface area contributed by atoms with Crippen molar-refractivity contribution >= 4 is 11.6 Å². The van der Waals surface area contributed by atoms with E-state index in [0.29, 0.717) is 17.9 Å². The van der Waals surface area contributed by atoms with Gasteiger partial charge in [-0.05, 0) is 35.9 Å². The molecule has 2 aliphatic rings. The fourth-order valence-electron chi connectivity index (χ4n) is 3.46. The molecule has 0 radical (unpaired) electrons. The van der Waals surface area contributed by atoms with Crippen molar-refractivity contribution in [1.29, 1.82) is 0 Å². The summed E-state index contributed by atoms with van der Waals surface area (Å²) in [5, 5.41) is 21.4. The normalized spacial score (nSPS) is 19.2. The smallest absolute Gasteiger partial charge is 0.290 e. The van der Waals surface area contributed by atoms with Crippen LogP contribution in [0, 0.1) is 0 Å². The highest BCUT2D eigenvalue weighted by Crippen LogP contribution is 2.38. The van der Waals surface area contributed by atoms with Gasteiger partial charge in [0.15, 0.2) is 17.3 Å². The van der Waals surface area contributed by atoms with Gasteiger partial charge in [0.1, 0.15) is 5.75 Å². The number of carbonyl (C=O) groups excluding carboxylic acids is 1. The third kappa shape index (κ3) is 5.31. The Morgan fingerprint density at radius 3 is 2.78 bits per heavy atom. The molecule has 3 N–H and O–H groups in total. The number of phenolic OH excluding ortho intramolecular Hbond substituents is 1. The molecule has 9 heteroatoms. The minimum Gasteiger partial charge on any atom is -0.506 e. The van der Waals surface area contributed by atoms with Crippen molar-refractivity contribution in [1.82, 2.24) is 0 Å². The molecule has 0 aliphatic carbocycles. The summed E-state index contributed by atoms with van der Waals surface area (Å²) in [5.41, 5.74) is 1.21. The second-order valence-electron chi connectivity index (χ2n) is 7.21. The maximum absolute atomic E-state index is 12.9. The zero-order valence-corrected chi connectivity index (χ0v) is 17.4. The number of allylic oxidation sites excluding steroid dienone is 1. The summed E-state index contributed by atoms with van der Waals surface area (Å²) >= 11 is 0. The predicted octanol–water partition coefficient (Wildman–Crippen LogP) is 2.50. The lowest BCUT2D eigenvalue weighted by Gasteiger charge is -2.29. The summed E-state index contributed by atoms with van der Waals surface area (Å²) in [6.07, 6.45) is 1.53. The lowest BCUT2D eigenvalue weighted by molar-refractivity contribution is -0.148. The van der Waals surface area contributed by atoms with Gasteiger partial charge >= 0.3 is 0 Å². The Hall–Kier alpha value is -3.27. The van der Waals surface area contributed by atoms with Gasteiger partial charge in [-0.1, -0.05) is 18.2 Å². The van der Waals surface area contributed by atoms with Crippen LogP contribution in [-0.4, -0.2) is 55.6 Å². The number of carbonyl (C=O) groups is 1. The number of phenols is 1. The molecule has 2 aromatic rings. The van der Waals surface area contributed by atoms with Crippen molar-refractivity contribution in [3.05, 3.63) is 59.9 Å². The monoisotopic (exact) mass is 443 g/mol. The third-order valence-corrected chi connectivity index (χ3v) is 5.03. The van der Waals surface area contributed by atoms with Gasteiger partial charge in [-0.2, -0.15) is 0 Å². The average Bonchev–Trinajstić information content (AvgIpc) is 3.28. The van der Waals surface area contributed by atoms with Gasteiger partial charge in [-0.3, -0.25) is 4.79 Å². The highest BCUT2D eigenvalue weighted by molar-refractivity contribution is 6.03. The highest BCUT2D eigenvalue weighted by Gasteiger charge is 2.30. The third-order valence-electron chi connectivity index (χ3n) is 5.03. The molecule has 9 nitrogen and oxygen atoms in total. The van der Waals surface area contributed by atoms with Crippen LogP contribution >= 0.6 is 0 Å². The fraction of sp³-hybridized carbons (Fsp3) is 0.348. The van der Waals surface area contributed by atoms with Crippen LogP contribution in [0.4, 0.5) is 5.69 Å². The Kier molecular flexibility index (Phi) is 7.10. The number of anilines is 1. The van der Waals surface area contributed by atoms with Gasteiger partial charge in [0.05, 0.1) is 32.1 Å². The molecule has 2 aliphatic heterocycles. The van der Waals surface area contributed by atoms with Crippen molar-refractivity contribution < 1.29 is 38.7 Å². The highest BCUT2D eigenvalue weighted by atomic mass is 16.7. The van der Waals surface area contributed by atoms with E-state index in [1.807, 2.05) is 18.2 Å². The number of aliphatic hydroxyl groups excluding tert-OH is 1. The molecule has 170 valence electrons. The summed E-state index contributed by atoms with van der Waals surface area (Å²) in [5.74, 6) is 0.698. The van der Waals surface area contributed by atoms with E-state index in [4.69, 9.17) is 28.8 Å². The summed E-state index contributed by atoms with van der Waals surface area (Å²) in [6.45, 7) is 0.871. The number of fused-ring (bicyclic) bond motifs is 1. The molecule has 2 aromatic carbocycles. The van der Waals surface area contributed by atoms with Gasteiger partial charge in [0.2, 0.25) is 13.1 Å². The van der Waals surface area contributed by atoms with Crippen molar-refractivity contribution in [2.75, 3.05) is 38.5 Å². The molecular formula is C23H25NO8. The van der Waals surface area contributed by atoms with Crippen molar-refractivity contribution in [2.45, 2.75) is 18.6 Å². The Balaban J connectivity index is 1.51. The summed E-state index contributed by atoms with van der Waals surface area (Å²) in [6, 6.07) is 12.1. The van der Waals surface area contributed by atoms with Crippen molar-refractivity contribution in [3.8, 4) is 17.2 Å². The second kappa shape index (κ2) is 10.4. The van der Waals surface area contributed by atoms with Gasteiger partial charge in [-0.25, -0.2) is 0 Å². The first kappa shape index (κ1) is 21.9. The number of ether oxygens (including phenoxy) is 5. The van der Waals surface area contributed by atoms with E-state index in [2.05, 4.69) is 5.32 Å². The van der Waals surface area contributed by atoms with Crippen LogP contribution in [0.25, 0.3) is 0 Å². The van der Waals surface area contributed by atoms with E-state index >= 15 is 0 Å². The average molecular weight is 443 g/mol. The summed E-state index contributed by atoms with van der Waals surface area (Å²) < 4.78 is 27.6. The molecule has 2 heterocycles. The first-order valence-corrected chi connectivity index (χ1v) is 10.3. The SMILES string of the molecule is O=C(Nc1ccccc1O)C1=CC(c2ccc3c(c2)OCO3)CC(OCCOCCO)O1. The first-order valence-electron chi connectivity index (χ1n) is 10.3. The molecule has 0 bridgehead atoms.